The molecule has 6 nitrogen and oxygen atoms in total. The third kappa shape index (κ3) is 2.07. The third-order valence-electron chi connectivity index (χ3n) is 1.47. The molecule has 0 bridgehead atoms. The van der Waals surface area contributed by atoms with Gasteiger partial charge in [0.15, 0.2) is 0 Å². The Kier molecular flexibility index (Phi) is 2.41. The molecule has 0 spiro atoms. The largest absolute Gasteiger partial charge is 0.268 e. The molecule has 2 heterocycles. The van der Waals surface area contributed by atoms with Crippen molar-refractivity contribution in [2.45, 2.75) is 0 Å². The SMILES string of the molecule is S=C(Nn1ccnc1)Nn1ccnc1. The van der Waals surface area contributed by atoms with Gasteiger partial charge in [0, 0.05) is 24.8 Å². The Hall–Kier alpha value is -1.89. The van der Waals surface area contributed by atoms with Gasteiger partial charge in [-0.15, -0.1) is 0 Å². The van der Waals surface area contributed by atoms with Gasteiger partial charge in [0.2, 0.25) is 5.11 Å². The van der Waals surface area contributed by atoms with Crippen LogP contribution in [0.25, 0.3) is 0 Å². The summed E-state index contributed by atoms with van der Waals surface area (Å²) >= 11 is 5.03. The van der Waals surface area contributed by atoms with Crippen LogP contribution in [0.1, 0.15) is 0 Å². The van der Waals surface area contributed by atoms with Gasteiger partial charge in [-0.1, -0.05) is 0 Å². The molecule has 14 heavy (non-hydrogen) atoms. The van der Waals surface area contributed by atoms with Gasteiger partial charge in [0.05, 0.1) is 0 Å². The van der Waals surface area contributed by atoms with Crippen LogP contribution in [0.2, 0.25) is 0 Å². The van der Waals surface area contributed by atoms with Crippen molar-refractivity contribution >= 4 is 17.3 Å². The molecule has 0 unspecified atom stereocenters. The Morgan fingerprint density at radius 2 is 1.50 bits per heavy atom. The molecule has 0 fully saturated rings. The smallest absolute Gasteiger partial charge is 0.205 e. The molecule has 0 amide bonds. The molecule has 2 aromatic heterocycles. The maximum Gasteiger partial charge on any atom is 0.205 e. The first-order valence-corrected chi connectivity index (χ1v) is 4.29. The number of hydrogen-bond acceptors (Lipinski definition) is 3. The van der Waals surface area contributed by atoms with E-state index in [4.69, 9.17) is 12.2 Å². The van der Waals surface area contributed by atoms with Crippen LogP contribution in [0, 0.1) is 0 Å². The third-order valence-corrected chi connectivity index (χ3v) is 1.65. The summed E-state index contributed by atoms with van der Waals surface area (Å²) in [5.74, 6) is 0. The second-order valence-electron chi connectivity index (χ2n) is 2.49. The lowest BCUT2D eigenvalue weighted by atomic mass is 10.9. The van der Waals surface area contributed by atoms with E-state index in [1.165, 1.54) is 0 Å². The van der Waals surface area contributed by atoms with Crippen molar-refractivity contribution < 1.29 is 0 Å². The molecular weight excluding hydrogens is 200 g/mol. The summed E-state index contributed by atoms with van der Waals surface area (Å²) < 4.78 is 3.29. The highest BCUT2D eigenvalue weighted by Crippen LogP contribution is 1.83. The summed E-state index contributed by atoms with van der Waals surface area (Å²) in [6.07, 6.45) is 10.0. The molecule has 0 aliphatic heterocycles. The Bertz CT molecular complexity index is 354. The second kappa shape index (κ2) is 3.88. The summed E-state index contributed by atoms with van der Waals surface area (Å²) in [7, 11) is 0. The van der Waals surface area contributed by atoms with Gasteiger partial charge in [-0.3, -0.25) is 10.9 Å². The van der Waals surface area contributed by atoms with Gasteiger partial charge in [-0.2, -0.15) is 0 Å². The van der Waals surface area contributed by atoms with Crippen molar-refractivity contribution in [3.8, 4) is 0 Å². The minimum absolute atomic E-state index is 0.459. The van der Waals surface area contributed by atoms with Gasteiger partial charge < -0.3 is 0 Å². The fraction of sp³-hybridized carbons (Fsp3) is 0. The molecule has 0 atom stereocenters. The van der Waals surface area contributed by atoms with E-state index in [0.717, 1.165) is 0 Å². The predicted octanol–water partition coefficient (Wildman–Crippen LogP) is 0.152. The second-order valence-corrected chi connectivity index (χ2v) is 2.90. The summed E-state index contributed by atoms with van der Waals surface area (Å²) in [5.41, 5.74) is 5.77. The summed E-state index contributed by atoms with van der Waals surface area (Å²) in [5, 5.41) is 0.459. The summed E-state index contributed by atoms with van der Waals surface area (Å²) in [4.78, 5) is 7.73. The lowest BCUT2D eigenvalue weighted by Crippen LogP contribution is -2.31. The molecule has 0 radical (unpaired) electrons. The lowest BCUT2D eigenvalue weighted by molar-refractivity contribution is 0.934. The molecule has 0 aliphatic carbocycles. The van der Waals surface area contributed by atoms with Crippen LogP contribution in [0.15, 0.2) is 37.4 Å². The average Bonchev–Trinajstić information content (AvgIpc) is 2.76. The number of thiocarbonyl (C=S) groups is 1. The zero-order valence-corrected chi connectivity index (χ0v) is 7.98. The topological polar surface area (TPSA) is 59.7 Å². The van der Waals surface area contributed by atoms with Crippen molar-refractivity contribution in [3.63, 3.8) is 0 Å². The first-order valence-electron chi connectivity index (χ1n) is 3.88. The van der Waals surface area contributed by atoms with E-state index in [-0.39, 0.29) is 0 Å². The van der Waals surface area contributed by atoms with E-state index in [1.807, 2.05) is 0 Å². The van der Waals surface area contributed by atoms with E-state index < -0.39 is 0 Å². The number of imidazole rings is 2. The van der Waals surface area contributed by atoms with Crippen LogP contribution in [0.4, 0.5) is 0 Å². The van der Waals surface area contributed by atoms with E-state index in [0.29, 0.717) is 5.11 Å². The standard InChI is InChI=1S/C7H8N6S/c14-7(10-12-3-1-8-5-12)11-13-4-2-9-6-13/h1-6H,(H2,10,11,14). The Labute approximate surface area is 85.5 Å². The monoisotopic (exact) mass is 208 g/mol. The van der Waals surface area contributed by atoms with Gasteiger partial charge in [-0.05, 0) is 12.2 Å². The van der Waals surface area contributed by atoms with Gasteiger partial charge in [-0.25, -0.2) is 19.3 Å². The van der Waals surface area contributed by atoms with Crippen molar-refractivity contribution in [2.24, 2.45) is 0 Å². The molecule has 72 valence electrons. The molecular formula is C7H8N6S. The molecule has 2 aromatic rings. The quantitative estimate of drug-likeness (QED) is 0.688. The van der Waals surface area contributed by atoms with Crippen molar-refractivity contribution in [1.29, 1.82) is 0 Å². The van der Waals surface area contributed by atoms with Crippen molar-refractivity contribution in [2.75, 3.05) is 10.9 Å². The normalized spacial score (nSPS) is 9.71. The van der Waals surface area contributed by atoms with Crippen LogP contribution in [-0.2, 0) is 0 Å². The first-order chi connectivity index (χ1) is 6.84. The molecule has 2 N–H and O–H groups in total. The Balaban J connectivity index is 1.91. The van der Waals surface area contributed by atoms with Gasteiger partial charge in [0.25, 0.3) is 0 Å². The molecule has 0 saturated carbocycles. The number of nitrogens with zero attached hydrogens (tertiary/aromatic N) is 4. The van der Waals surface area contributed by atoms with Crippen LogP contribution in [0.3, 0.4) is 0 Å². The summed E-state index contributed by atoms with van der Waals surface area (Å²) in [6, 6.07) is 0. The van der Waals surface area contributed by atoms with E-state index in [1.54, 1.807) is 46.8 Å². The number of hydrogen-bond donors (Lipinski definition) is 2. The summed E-state index contributed by atoms with van der Waals surface area (Å²) in [6.45, 7) is 0. The Morgan fingerprint density at radius 3 is 1.86 bits per heavy atom. The molecule has 2 rings (SSSR count). The zero-order valence-electron chi connectivity index (χ0n) is 7.16. The minimum atomic E-state index is 0.459. The Morgan fingerprint density at radius 1 is 1.00 bits per heavy atom. The van der Waals surface area contributed by atoms with Crippen molar-refractivity contribution in [3.05, 3.63) is 37.4 Å². The average molecular weight is 208 g/mol. The molecule has 7 heteroatoms. The van der Waals surface area contributed by atoms with Gasteiger partial charge >= 0.3 is 0 Å². The van der Waals surface area contributed by atoms with Gasteiger partial charge in [0.1, 0.15) is 12.7 Å². The van der Waals surface area contributed by atoms with Crippen LogP contribution in [0.5, 0.6) is 0 Å². The van der Waals surface area contributed by atoms with Crippen molar-refractivity contribution in [1.82, 2.24) is 19.3 Å². The van der Waals surface area contributed by atoms with Crippen LogP contribution < -0.4 is 10.9 Å². The van der Waals surface area contributed by atoms with E-state index in [9.17, 15) is 0 Å². The fourth-order valence-electron chi connectivity index (χ4n) is 0.910. The highest BCUT2D eigenvalue weighted by atomic mass is 32.1. The van der Waals surface area contributed by atoms with Crippen LogP contribution in [-0.4, -0.2) is 24.4 Å². The van der Waals surface area contributed by atoms with E-state index in [2.05, 4.69) is 20.8 Å². The highest BCUT2D eigenvalue weighted by molar-refractivity contribution is 7.80. The molecule has 0 aromatic carbocycles. The fourth-order valence-corrected chi connectivity index (χ4v) is 1.12. The molecule has 0 aliphatic rings. The predicted molar refractivity (Wildman–Crippen MR) is 55.8 cm³/mol. The number of aromatic nitrogens is 4. The maximum absolute atomic E-state index is 5.03. The molecule has 0 saturated heterocycles. The maximum atomic E-state index is 5.03. The zero-order chi connectivity index (χ0) is 9.80. The number of nitrogens with one attached hydrogen (secondary N) is 2. The highest BCUT2D eigenvalue weighted by Gasteiger charge is 1.95. The van der Waals surface area contributed by atoms with Crippen LogP contribution >= 0.6 is 12.2 Å². The minimum Gasteiger partial charge on any atom is -0.268 e. The van der Waals surface area contributed by atoms with E-state index >= 15 is 0 Å². The first kappa shape index (κ1) is 8.70. The number of rotatable bonds is 2. The lowest BCUT2D eigenvalue weighted by Gasteiger charge is -2.10.